The van der Waals surface area contributed by atoms with E-state index in [4.69, 9.17) is 11.6 Å². The zero-order valence-corrected chi connectivity index (χ0v) is 13.5. The molecule has 1 rings (SSSR count). The monoisotopic (exact) mass is 282 g/mol. The van der Waals surface area contributed by atoms with Gasteiger partial charge in [-0.2, -0.15) is 0 Å². The normalized spacial score (nSPS) is 11.8. The van der Waals surface area contributed by atoms with Crippen LogP contribution >= 0.6 is 11.6 Å². The van der Waals surface area contributed by atoms with Gasteiger partial charge in [0.05, 0.1) is 5.69 Å². The zero-order chi connectivity index (χ0) is 14.3. The van der Waals surface area contributed by atoms with Gasteiger partial charge in [0.25, 0.3) is 0 Å². The fourth-order valence-corrected chi connectivity index (χ4v) is 2.10. The van der Waals surface area contributed by atoms with Crippen LogP contribution < -0.4 is 0 Å². The Kier molecular flexibility index (Phi) is 7.40. The van der Waals surface area contributed by atoms with Crippen molar-refractivity contribution in [1.82, 2.24) is 9.88 Å². The highest BCUT2D eigenvalue weighted by atomic mass is 35.5. The van der Waals surface area contributed by atoms with E-state index in [9.17, 15) is 0 Å². The van der Waals surface area contributed by atoms with E-state index in [1.807, 2.05) is 12.1 Å². The summed E-state index contributed by atoms with van der Waals surface area (Å²) in [7, 11) is 0. The minimum Gasteiger partial charge on any atom is -0.297 e. The molecule has 1 aromatic rings. The molecule has 0 spiro atoms. The summed E-state index contributed by atoms with van der Waals surface area (Å²) in [5, 5.41) is 0.776. The first kappa shape index (κ1) is 16.5. The summed E-state index contributed by atoms with van der Waals surface area (Å²) in [4.78, 5) is 6.91. The van der Waals surface area contributed by atoms with E-state index >= 15 is 0 Å². The first-order valence-electron chi connectivity index (χ1n) is 7.30. The van der Waals surface area contributed by atoms with E-state index in [2.05, 4.69) is 37.6 Å². The Labute approximate surface area is 123 Å². The predicted octanol–water partition coefficient (Wildman–Crippen LogP) is 4.63. The second-order valence-corrected chi connectivity index (χ2v) is 6.54. The van der Waals surface area contributed by atoms with Gasteiger partial charge in [-0.3, -0.25) is 9.88 Å². The lowest BCUT2D eigenvalue weighted by atomic mass is 10.1. The van der Waals surface area contributed by atoms with Gasteiger partial charge in [-0.15, -0.1) is 0 Å². The summed E-state index contributed by atoms with van der Waals surface area (Å²) in [6, 6.07) is 3.80. The maximum atomic E-state index is 6.02. The van der Waals surface area contributed by atoms with Crippen molar-refractivity contribution in [2.24, 2.45) is 11.8 Å². The van der Waals surface area contributed by atoms with Gasteiger partial charge in [0, 0.05) is 17.8 Å². The molecule has 0 radical (unpaired) electrons. The zero-order valence-electron chi connectivity index (χ0n) is 12.7. The van der Waals surface area contributed by atoms with Crippen molar-refractivity contribution in [3.05, 3.63) is 29.0 Å². The Morgan fingerprint density at radius 1 is 1.11 bits per heavy atom. The molecule has 108 valence electrons. The second-order valence-electron chi connectivity index (χ2n) is 6.11. The third kappa shape index (κ3) is 7.54. The first-order chi connectivity index (χ1) is 8.97. The largest absolute Gasteiger partial charge is 0.297 e. The van der Waals surface area contributed by atoms with Gasteiger partial charge in [-0.25, -0.2) is 0 Å². The highest BCUT2D eigenvalue weighted by Gasteiger charge is 2.09. The van der Waals surface area contributed by atoms with E-state index in [0.717, 1.165) is 42.2 Å². The molecule has 19 heavy (non-hydrogen) atoms. The van der Waals surface area contributed by atoms with Crippen molar-refractivity contribution in [2.75, 3.05) is 13.1 Å². The van der Waals surface area contributed by atoms with Crippen LogP contribution in [0.2, 0.25) is 5.02 Å². The van der Waals surface area contributed by atoms with E-state index < -0.39 is 0 Å². The summed E-state index contributed by atoms with van der Waals surface area (Å²) in [6.07, 6.45) is 4.26. The minimum atomic E-state index is 0.744. The van der Waals surface area contributed by atoms with Crippen LogP contribution in [0.5, 0.6) is 0 Å². The number of rotatable bonds is 8. The second kappa shape index (κ2) is 8.55. The van der Waals surface area contributed by atoms with Gasteiger partial charge in [-0.05, 0) is 49.9 Å². The molecule has 3 heteroatoms. The lowest BCUT2D eigenvalue weighted by Gasteiger charge is -2.23. The van der Waals surface area contributed by atoms with Gasteiger partial charge in [0.15, 0.2) is 0 Å². The summed E-state index contributed by atoms with van der Waals surface area (Å²) < 4.78 is 0. The van der Waals surface area contributed by atoms with Crippen LogP contribution in [0.4, 0.5) is 0 Å². The molecule has 0 amide bonds. The van der Waals surface area contributed by atoms with Gasteiger partial charge in [0.1, 0.15) is 0 Å². The highest BCUT2D eigenvalue weighted by molar-refractivity contribution is 6.30. The SMILES string of the molecule is CC(C)CCN(CCC(C)C)Cc1cc(Cl)ccn1. The maximum Gasteiger partial charge on any atom is 0.0558 e. The van der Waals surface area contributed by atoms with Crippen LogP contribution in [-0.4, -0.2) is 23.0 Å². The van der Waals surface area contributed by atoms with Crippen LogP contribution in [0.1, 0.15) is 46.2 Å². The van der Waals surface area contributed by atoms with Crippen molar-refractivity contribution >= 4 is 11.6 Å². The number of aromatic nitrogens is 1. The Hall–Kier alpha value is -0.600. The van der Waals surface area contributed by atoms with Gasteiger partial charge in [0.2, 0.25) is 0 Å². The molecule has 2 nitrogen and oxygen atoms in total. The Balaban J connectivity index is 2.56. The molecule has 1 aromatic heterocycles. The molecule has 0 bridgehead atoms. The van der Waals surface area contributed by atoms with Crippen LogP contribution in [0.15, 0.2) is 18.3 Å². The topological polar surface area (TPSA) is 16.1 Å². The molecule has 0 saturated heterocycles. The maximum absolute atomic E-state index is 6.02. The summed E-state index contributed by atoms with van der Waals surface area (Å²) in [6.45, 7) is 12.3. The van der Waals surface area contributed by atoms with Gasteiger partial charge in [-0.1, -0.05) is 39.3 Å². The summed E-state index contributed by atoms with van der Waals surface area (Å²) in [5.74, 6) is 1.49. The third-order valence-corrected chi connectivity index (χ3v) is 3.44. The minimum absolute atomic E-state index is 0.744. The van der Waals surface area contributed by atoms with Crippen molar-refractivity contribution in [1.29, 1.82) is 0 Å². The van der Waals surface area contributed by atoms with Crippen molar-refractivity contribution in [3.8, 4) is 0 Å². The molecule has 0 aliphatic rings. The molecule has 0 fully saturated rings. The van der Waals surface area contributed by atoms with Crippen molar-refractivity contribution < 1.29 is 0 Å². The molecule has 0 saturated carbocycles. The smallest absolute Gasteiger partial charge is 0.0558 e. The lowest BCUT2D eigenvalue weighted by molar-refractivity contribution is 0.233. The molecule has 0 aromatic carbocycles. The molecule has 0 unspecified atom stereocenters. The van der Waals surface area contributed by atoms with E-state index in [0.29, 0.717) is 0 Å². The molecule has 0 aliphatic heterocycles. The quantitative estimate of drug-likeness (QED) is 0.691. The Bertz CT molecular complexity index is 352. The summed E-state index contributed by atoms with van der Waals surface area (Å²) in [5.41, 5.74) is 1.07. The Morgan fingerprint density at radius 2 is 1.68 bits per heavy atom. The van der Waals surface area contributed by atoms with Crippen molar-refractivity contribution in [2.45, 2.75) is 47.1 Å². The predicted molar refractivity (Wildman–Crippen MR) is 83.4 cm³/mol. The van der Waals surface area contributed by atoms with E-state index in [1.54, 1.807) is 6.20 Å². The Morgan fingerprint density at radius 3 is 2.16 bits per heavy atom. The first-order valence-corrected chi connectivity index (χ1v) is 7.68. The molecule has 0 atom stereocenters. The van der Waals surface area contributed by atoms with Crippen LogP contribution in [0.3, 0.4) is 0 Å². The fraction of sp³-hybridized carbons (Fsp3) is 0.688. The molecule has 0 aliphatic carbocycles. The molecular weight excluding hydrogens is 256 g/mol. The number of hydrogen-bond acceptors (Lipinski definition) is 2. The van der Waals surface area contributed by atoms with Crippen molar-refractivity contribution in [3.63, 3.8) is 0 Å². The number of pyridine rings is 1. The fourth-order valence-electron chi connectivity index (χ4n) is 1.92. The average molecular weight is 283 g/mol. The van der Waals surface area contributed by atoms with E-state index in [-0.39, 0.29) is 0 Å². The summed E-state index contributed by atoms with van der Waals surface area (Å²) >= 11 is 6.02. The van der Waals surface area contributed by atoms with Crippen LogP contribution in [0, 0.1) is 11.8 Å². The number of nitrogens with zero attached hydrogens (tertiary/aromatic N) is 2. The molecular formula is C16H27ClN2. The van der Waals surface area contributed by atoms with Gasteiger partial charge < -0.3 is 0 Å². The third-order valence-electron chi connectivity index (χ3n) is 3.21. The number of halogens is 1. The standard InChI is InChI=1S/C16H27ClN2/c1-13(2)6-9-19(10-7-14(3)4)12-16-11-15(17)5-8-18-16/h5,8,11,13-14H,6-7,9-10,12H2,1-4H3. The average Bonchev–Trinajstić information content (AvgIpc) is 2.32. The van der Waals surface area contributed by atoms with Crippen LogP contribution in [0.25, 0.3) is 0 Å². The van der Waals surface area contributed by atoms with Gasteiger partial charge >= 0.3 is 0 Å². The molecule has 1 heterocycles. The van der Waals surface area contributed by atoms with E-state index in [1.165, 1.54) is 12.8 Å². The highest BCUT2D eigenvalue weighted by Crippen LogP contribution is 2.13. The van der Waals surface area contributed by atoms with Crippen LogP contribution in [-0.2, 0) is 6.54 Å². The number of hydrogen-bond donors (Lipinski definition) is 0. The lowest BCUT2D eigenvalue weighted by Crippen LogP contribution is -2.27. The molecule has 0 N–H and O–H groups in total.